The van der Waals surface area contributed by atoms with Crippen molar-refractivity contribution in [1.82, 2.24) is 0 Å². The first-order valence-corrected chi connectivity index (χ1v) is 10.1. The van der Waals surface area contributed by atoms with E-state index in [-0.39, 0.29) is 35.1 Å². The van der Waals surface area contributed by atoms with Crippen molar-refractivity contribution in [3.63, 3.8) is 0 Å². The number of ketones is 1. The van der Waals surface area contributed by atoms with E-state index in [1.54, 1.807) is 6.92 Å². The summed E-state index contributed by atoms with van der Waals surface area (Å²) >= 11 is 0. The van der Waals surface area contributed by atoms with Crippen LogP contribution in [0.25, 0.3) is 5.76 Å². The fourth-order valence-corrected chi connectivity index (χ4v) is 4.68. The summed E-state index contributed by atoms with van der Waals surface area (Å²) in [6, 6.07) is 2.77. The largest absolute Gasteiger partial charge is 0.507 e. The lowest BCUT2D eigenvalue weighted by Crippen LogP contribution is -2.65. The topological polar surface area (TPSA) is 174 Å². The lowest BCUT2D eigenvalue weighted by Gasteiger charge is -2.49. The standard InChI is InChI=1S/C22H24O10/c1-8-6-11-15(13(25)7-8)16(26)14-10(4-3-5-12(14)24)22(11,30)20-18(28)17(27)19(29)21(32-20)31-9(2)23/h4,6-7,17-21,25-30H,3,5H2,1-2H3. The van der Waals surface area contributed by atoms with Crippen molar-refractivity contribution < 1.29 is 49.7 Å². The number of ether oxygens (including phenoxy) is 2. The highest BCUT2D eigenvalue weighted by Gasteiger charge is 2.59. The summed E-state index contributed by atoms with van der Waals surface area (Å²) in [5, 5.41) is 64.9. The number of carbonyl (C=O) groups excluding carboxylic acids is 2. The normalized spacial score (nSPS) is 34.5. The highest BCUT2D eigenvalue weighted by molar-refractivity contribution is 6.09. The van der Waals surface area contributed by atoms with Crippen LogP contribution >= 0.6 is 0 Å². The number of aromatic hydroxyl groups is 1. The molecule has 6 atom stereocenters. The molecule has 0 saturated carbocycles. The minimum Gasteiger partial charge on any atom is -0.507 e. The Morgan fingerprint density at radius 1 is 1.16 bits per heavy atom. The van der Waals surface area contributed by atoms with E-state index in [0.29, 0.717) is 5.56 Å². The Balaban J connectivity index is 1.97. The van der Waals surface area contributed by atoms with Gasteiger partial charge in [0.2, 0.25) is 6.29 Å². The van der Waals surface area contributed by atoms with Gasteiger partial charge in [-0.3, -0.25) is 9.59 Å². The van der Waals surface area contributed by atoms with E-state index >= 15 is 0 Å². The number of phenolic OH excluding ortho intramolecular Hbond substituents is 1. The Kier molecular flexibility index (Phi) is 5.38. The number of carbonyl (C=O) groups is 2. The molecule has 4 rings (SSSR count). The first-order chi connectivity index (χ1) is 15.0. The number of Topliss-reactive ketones (excluding diaryl/α,β-unsaturated/α-hetero) is 1. The van der Waals surface area contributed by atoms with E-state index in [2.05, 4.69) is 0 Å². The van der Waals surface area contributed by atoms with Gasteiger partial charge in [0.25, 0.3) is 0 Å². The number of benzene rings is 1. The average molecular weight is 448 g/mol. The Morgan fingerprint density at radius 3 is 2.50 bits per heavy atom. The van der Waals surface area contributed by atoms with E-state index in [4.69, 9.17) is 9.47 Å². The van der Waals surface area contributed by atoms with Gasteiger partial charge in [0.05, 0.1) is 11.1 Å². The zero-order chi connectivity index (χ0) is 23.5. The highest BCUT2D eigenvalue weighted by atomic mass is 16.7. The monoisotopic (exact) mass is 448 g/mol. The summed E-state index contributed by atoms with van der Waals surface area (Å²) in [6.07, 6.45) is -7.29. The smallest absolute Gasteiger partial charge is 0.305 e. The second-order valence-corrected chi connectivity index (χ2v) is 8.28. The van der Waals surface area contributed by atoms with Crippen LogP contribution in [0.3, 0.4) is 0 Å². The molecule has 6 N–H and O–H groups in total. The SMILES string of the molecule is CC(=O)OC1OC(C2(O)C3=CCCC(=O)C3=C(O)c3c(O)cc(C)cc32)C(O)C(O)C1O. The maximum Gasteiger partial charge on any atom is 0.305 e. The van der Waals surface area contributed by atoms with Gasteiger partial charge in [-0.05, 0) is 25.0 Å². The van der Waals surface area contributed by atoms with Crippen LogP contribution in [0, 0.1) is 6.92 Å². The predicted octanol–water partition coefficient (Wildman–Crippen LogP) is -0.169. The summed E-state index contributed by atoms with van der Waals surface area (Å²) in [5.41, 5.74) is -2.48. The molecular weight excluding hydrogens is 424 g/mol. The van der Waals surface area contributed by atoms with Gasteiger partial charge in [0.1, 0.15) is 41.5 Å². The number of aliphatic hydroxyl groups excluding tert-OH is 4. The molecule has 1 heterocycles. The van der Waals surface area contributed by atoms with Gasteiger partial charge < -0.3 is 40.1 Å². The van der Waals surface area contributed by atoms with E-state index in [1.807, 2.05) is 0 Å². The molecule has 6 unspecified atom stereocenters. The molecule has 0 bridgehead atoms. The van der Waals surface area contributed by atoms with Gasteiger partial charge in [-0.15, -0.1) is 0 Å². The minimum atomic E-state index is -2.35. The highest BCUT2D eigenvalue weighted by Crippen LogP contribution is 2.53. The molecule has 0 radical (unpaired) electrons. The number of aliphatic hydroxyl groups is 5. The number of hydrogen-bond acceptors (Lipinski definition) is 10. The fraction of sp³-hybridized carbons (Fsp3) is 0.455. The third kappa shape index (κ3) is 3.14. The summed E-state index contributed by atoms with van der Waals surface area (Å²) in [6.45, 7) is 2.67. The number of fused-ring (bicyclic) bond motifs is 2. The van der Waals surface area contributed by atoms with Crippen molar-refractivity contribution in [2.45, 2.75) is 63.0 Å². The molecule has 10 nitrogen and oxygen atoms in total. The van der Waals surface area contributed by atoms with Crippen molar-refractivity contribution in [3.8, 4) is 5.75 Å². The molecule has 0 aromatic heterocycles. The summed E-state index contributed by atoms with van der Waals surface area (Å²) in [7, 11) is 0. The van der Waals surface area contributed by atoms with Gasteiger partial charge in [-0.1, -0.05) is 12.1 Å². The molecule has 1 aliphatic heterocycles. The summed E-state index contributed by atoms with van der Waals surface area (Å²) in [4.78, 5) is 24.2. The number of phenols is 1. The van der Waals surface area contributed by atoms with Crippen molar-refractivity contribution in [2.24, 2.45) is 0 Å². The number of esters is 1. The molecule has 172 valence electrons. The maximum absolute atomic E-state index is 12.7. The maximum atomic E-state index is 12.7. The van der Waals surface area contributed by atoms with Crippen LogP contribution in [0.4, 0.5) is 0 Å². The van der Waals surface area contributed by atoms with Crippen LogP contribution < -0.4 is 0 Å². The Hall–Kier alpha value is -2.76. The molecule has 0 amide bonds. The Morgan fingerprint density at radius 2 is 1.84 bits per heavy atom. The molecule has 1 fully saturated rings. The molecule has 32 heavy (non-hydrogen) atoms. The van der Waals surface area contributed by atoms with Gasteiger partial charge >= 0.3 is 5.97 Å². The third-order valence-corrected chi connectivity index (χ3v) is 6.09. The zero-order valence-electron chi connectivity index (χ0n) is 17.3. The second-order valence-electron chi connectivity index (χ2n) is 8.28. The molecule has 0 spiro atoms. The van der Waals surface area contributed by atoms with Crippen LogP contribution in [-0.4, -0.2) is 73.1 Å². The molecule has 10 heteroatoms. The molecule has 1 saturated heterocycles. The van der Waals surface area contributed by atoms with Crippen LogP contribution in [0.15, 0.2) is 29.4 Å². The zero-order valence-corrected chi connectivity index (χ0v) is 17.3. The Labute approximate surface area is 182 Å². The lowest BCUT2D eigenvalue weighted by molar-refractivity contribution is -0.313. The number of aryl methyl sites for hydroxylation is 1. The van der Waals surface area contributed by atoms with Crippen LogP contribution in [0.5, 0.6) is 5.75 Å². The van der Waals surface area contributed by atoms with E-state index in [0.717, 1.165) is 6.92 Å². The van der Waals surface area contributed by atoms with Crippen LogP contribution in [-0.2, 0) is 24.7 Å². The molecule has 1 aromatic carbocycles. The van der Waals surface area contributed by atoms with Gasteiger partial charge in [0, 0.05) is 24.5 Å². The fourth-order valence-electron chi connectivity index (χ4n) is 4.68. The molecule has 1 aromatic rings. The van der Waals surface area contributed by atoms with Crippen LogP contribution in [0.2, 0.25) is 0 Å². The van der Waals surface area contributed by atoms with Crippen molar-refractivity contribution >= 4 is 17.5 Å². The quantitative estimate of drug-likeness (QED) is 0.333. The minimum absolute atomic E-state index is 0.0480. The predicted molar refractivity (Wildman–Crippen MR) is 107 cm³/mol. The van der Waals surface area contributed by atoms with Crippen molar-refractivity contribution in [3.05, 3.63) is 46.0 Å². The summed E-state index contributed by atoms with van der Waals surface area (Å²) in [5.74, 6) is -2.28. The third-order valence-electron chi connectivity index (χ3n) is 6.09. The van der Waals surface area contributed by atoms with Crippen LogP contribution in [0.1, 0.15) is 36.5 Å². The number of rotatable bonds is 2. The van der Waals surface area contributed by atoms with E-state index in [1.165, 1.54) is 18.2 Å². The number of allylic oxidation sites excluding steroid dienone is 1. The first-order valence-electron chi connectivity index (χ1n) is 10.1. The second kappa shape index (κ2) is 7.68. The lowest BCUT2D eigenvalue weighted by atomic mass is 9.66. The Bertz CT molecular complexity index is 1060. The average Bonchev–Trinajstić information content (AvgIpc) is 2.71. The van der Waals surface area contributed by atoms with Crippen molar-refractivity contribution in [2.75, 3.05) is 0 Å². The van der Waals surface area contributed by atoms with Gasteiger partial charge in [-0.25, -0.2) is 0 Å². The first kappa shape index (κ1) is 22.4. The molecular formula is C22H24O10. The molecule has 3 aliphatic rings. The van der Waals surface area contributed by atoms with E-state index < -0.39 is 59.6 Å². The number of hydrogen-bond donors (Lipinski definition) is 6. The van der Waals surface area contributed by atoms with Gasteiger partial charge in [0.15, 0.2) is 5.78 Å². The van der Waals surface area contributed by atoms with Crippen molar-refractivity contribution in [1.29, 1.82) is 0 Å². The van der Waals surface area contributed by atoms with E-state index in [9.17, 15) is 40.2 Å². The summed E-state index contributed by atoms with van der Waals surface area (Å²) < 4.78 is 10.5. The van der Waals surface area contributed by atoms with Gasteiger partial charge in [-0.2, -0.15) is 0 Å². The molecule has 2 aliphatic carbocycles.